The van der Waals surface area contributed by atoms with Gasteiger partial charge in [-0.05, 0) is 54.3 Å². The van der Waals surface area contributed by atoms with Crippen molar-refractivity contribution >= 4 is 17.4 Å². The summed E-state index contributed by atoms with van der Waals surface area (Å²) in [6.07, 6.45) is -3.33. The van der Waals surface area contributed by atoms with E-state index in [4.69, 9.17) is 4.74 Å². The van der Waals surface area contributed by atoms with Crippen molar-refractivity contribution in [3.8, 4) is 40.3 Å². The van der Waals surface area contributed by atoms with E-state index in [2.05, 4.69) is 45.0 Å². The maximum absolute atomic E-state index is 12.9. The van der Waals surface area contributed by atoms with Gasteiger partial charge >= 0.3 is 12.4 Å². The van der Waals surface area contributed by atoms with Gasteiger partial charge in [0.1, 0.15) is 17.8 Å². The lowest BCUT2D eigenvalue weighted by Crippen LogP contribution is -2.28. The molecule has 0 aliphatic carbocycles. The van der Waals surface area contributed by atoms with Crippen LogP contribution in [-0.2, 0) is 0 Å². The number of halogens is 3. The van der Waals surface area contributed by atoms with E-state index in [9.17, 15) is 23.2 Å². The van der Waals surface area contributed by atoms with Crippen LogP contribution in [0.1, 0.15) is 42.5 Å². The summed E-state index contributed by atoms with van der Waals surface area (Å²) in [5.41, 5.74) is 4.71. The van der Waals surface area contributed by atoms with Crippen molar-refractivity contribution in [3.63, 3.8) is 0 Å². The third-order valence-corrected chi connectivity index (χ3v) is 8.13. The molecule has 0 radical (unpaired) electrons. The van der Waals surface area contributed by atoms with E-state index in [1.165, 1.54) is 46.6 Å². The highest BCUT2D eigenvalue weighted by Gasteiger charge is 2.31. The van der Waals surface area contributed by atoms with E-state index >= 15 is 0 Å². The number of nitrogens with zero attached hydrogens (tertiary/aromatic N) is 6. The molecule has 0 aliphatic rings. The van der Waals surface area contributed by atoms with Gasteiger partial charge in [0, 0.05) is 29.2 Å². The minimum absolute atomic E-state index is 0.0415. The average molecular weight is 662 g/mol. The highest BCUT2D eigenvalue weighted by molar-refractivity contribution is 7.07. The number of carbonyl (C=O) groups is 1. The number of nitriles is 1. The third kappa shape index (κ3) is 7.87. The molecule has 0 saturated heterocycles. The van der Waals surface area contributed by atoms with E-state index in [-0.39, 0.29) is 18.2 Å². The summed E-state index contributed by atoms with van der Waals surface area (Å²) in [7, 11) is 1.61. The predicted molar refractivity (Wildman–Crippen MR) is 170 cm³/mol. The first-order valence-electron chi connectivity index (χ1n) is 14.4. The van der Waals surface area contributed by atoms with Gasteiger partial charge in [0.05, 0.1) is 30.5 Å². The van der Waals surface area contributed by atoms with Crippen LogP contribution in [0.3, 0.4) is 0 Å². The zero-order valence-electron chi connectivity index (χ0n) is 25.8. The highest BCUT2D eigenvalue weighted by Crippen LogP contribution is 2.28. The standard InChI is InChI=1S/C33H30F3N7O3S/c1-20(2)28-14-13-27(45-4)15-29(28)43-21(3)18-47-32(43)40-31(44)38-17-24(16-37)22-5-7-23(8-6-22)30-39-19-42(41-30)25-9-11-26(12-10-25)46-33(34,35)36/h5-15,18-20,24H,17H2,1-4H3,(H,38,44). The molecule has 2 amide bonds. The fraction of sp³-hybridized carbons (Fsp3) is 0.242. The Balaban J connectivity index is 1.27. The number of methoxy groups -OCH3 is 1. The van der Waals surface area contributed by atoms with Gasteiger partial charge in [0.15, 0.2) is 10.6 Å². The number of nitrogens with one attached hydrogen (secondary N) is 1. The number of hydrogen-bond donors (Lipinski definition) is 1. The Kier molecular flexibility index (Phi) is 9.76. The molecule has 3 aromatic carbocycles. The molecule has 1 unspecified atom stereocenters. The van der Waals surface area contributed by atoms with Gasteiger partial charge in [-0.25, -0.2) is 14.5 Å². The molecule has 2 heterocycles. The molecule has 1 N–H and O–H groups in total. The lowest BCUT2D eigenvalue weighted by atomic mass is 9.99. The van der Waals surface area contributed by atoms with Crippen LogP contribution < -0.4 is 19.6 Å². The Labute approximate surface area is 272 Å². The van der Waals surface area contributed by atoms with Gasteiger partial charge < -0.3 is 14.8 Å². The van der Waals surface area contributed by atoms with Crippen molar-refractivity contribution in [1.82, 2.24) is 24.6 Å². The van der Waals surface area contributed by atoms with Crippen molar-refractivity contribution in [2.45, 2.75) is 39.0 Å². The van der Waals surface area contributed by atoms with Crippen LogP contribution in [0, 0.1) is 18.3 Å². The zero-order chi connectivity index (χ0) is 33.7. The third-order valence-electron chi connectivity index (χ3n) is 7.19. The molecule has 0 saturated carbocycles. The Hall–Kier alpha value is -5.42. The van der Waals surface area contributed by atoms with E-state index in [0.29, 0.717) is 33.2 Å². The smallest absolute Gasteiger partial charge is 0.497 e. The Morgan fingerprint density at radius 1 is 1.09 bits per heavy atom. The first-order chi connectivity index (χ1) is 22.5. The SMILES string of the molecule is COc1ccc(C(C)C)c(-n2c(C)csc2=NC(=O)NCC(C#N)c2ccc(-c3ncn(-c4ccc(OC(F)(F)F)cc4)n3)cc2)c1. The molecule has 5 rings (SSSR count). The summed E-state index contributed by atoms with van der Waals surface area (Å²) < 4.78 is 50.0. The molecule has 0 bridgehead atoms. The number of hydrogen-bond acceptors (Lipinski definition) is 7. The molecule has 0 spiro atoms. The fourth-order valence-corrected chi connectivity index (χ4v) is 5.70. The largest absolute Gasteiger partial charge is 0.573 e. The molecule has 242 valence electrons. The number of urea groups is 1. The Morgan fingerprint density at radius 2 is 1.79 bits per heavy atom. The highest BCUT2D eigenvalue weighted by atomic mass is 32.1. The minimum Gasteiger partial charge on any atom is -0.497 e. The maximum Gasteiger partial charge on any atom is 0.573 e. The predicted octanol–water partition coefficient (Wildman–Crippen LogP) is 7.04. The summed E-state index contributed by atoms with van der Waals surface area (Å²) in [5, 5.41) is 18.9. The molecule has 2 aromatic heterocycles. The number of alkyl halides is 3. The van der Waals surface area contributed by atoms with E-state index in [0.717, 1.165) is 16.9 Å². The first-order valence-corrected chi connectivity index (χ1v) is 15.3. The average Bonchev–Trinajstić information content (AvgIpc) is 3.68. The van der Waals surface area contributed by atoms with Crippen LogP contribution >= 0.6 is 11.3 Å². The molecule has 47 heavy (non-hydrogen) atoms. The van der Waals surface area contributed by atoms with Gasteiger partial charge in [0.2, 0.25) is 0 Å². The molecule has 5 aromatic rings. The number of aryl methyl sites for hydroxylation is 1. The van der Waals surface area contributed by atoms with Crippen LogP contribution in [-0.4, -0.2) is 45.4 Å². The zero-order valence-corrected chi connectivity index (χ0v) is 26.6. The summed E-state index contributed by atoms with van der Waals surface area (Å²) in [6, 6.07) is 19.8. The Morgan fingerprint density at radius 3 is 2.43 bits per heavy atom. The first kappa shape index (κ1) is 33.0. The van der Waals surface area contributed by atoms with Gasteiger partial charge in [-0.2, -0.15) is 10.3 Å². The van der Waals surface area contributed by atoms with Crippen molar-refractivity contribution in [3.05, 3.63) is 100 Å². The summed E-state index contributed by atoms with van der Waals surface area (Å²) in [6.45, 7) is 6.18. The fourth-order valence-electron chi connectivity index (χ4n) is 4.83. The number of amides is 2. The molecule has 1 atom stereocenters. The van der Waals surface area contributed by atoms with Crippen molar-refractivity contribution in [2.24, 2.45) is 4.99 Å². The number of carbonyl (C=O) groups excluding carboxylic acids is 1. The summed E-state index contributed by atoms with van der Waals surface area (Å²) in [4.78, 5) is 22.0. The van der Waals surface area contributed by atoms with Gasteiger partial charge in [-0.15, -0.1) is 29.6 Å². The number of benzene rings is 3. The number of ether oxygens (including phenoxy) is 2. The number of rotatable bonds is 9. The van der Waals surface area contributed by atoms with Gasteiger partial charge in [0.25, 0.3) is 0 Å². The maximum atomic E-state index is 12.9. The summed E-state index contributed by atoms with van der Waals surface area (Å²) in [5.74, 6) is 0.310. The minimum atomic E-state index is -4.78. The van der Waals surface area contributed by atoms with Crippen LogP contribution in [0.5, 0.6) is 11.5 Å². The molecule has 14 heteroatoms. The monoisotopic (exact) mass is 661 g/mol. The summed E-state index contributed by atoms with van der Waals surface area (Å²) >= 11 is 1.34. The molecular weight excluding hydrogens is 631 g/mol. The van der Waals surface area contributed by atoms with Crippen LogP contribution in [0.2, 0.25) is 0 Å². The van der Waals surface area contributed by atoms with E-state index < -0.39 is 18.3 Å². The molecule has 10 nitrogen and oxygen atoms in total. The second-order valence-electron chi connectivity index (χ2n) is 10.7. The van der Waals surface area contributed by atoms with Crippen LogP contribution in [0.15, 0.2) is 83.4 Å². The van der Waals surface area contributed by atoms with Gasteiger partial charge in [-0.3, -0.25) is 4.57 Å². The lowest BCUT2D eigenvalue weighted by molar-refractivity contribution is -0.274. The second kappa shape index (κ2) is 13.9. The lowest BCUT2D eigenvalue weighted by Gasteiger charge is -2.16. The number of thiazole rings is 1. The molecular formula is C33H30F3N7O3S. The van der Waals surface area contributed by atoms with Gasteiger partial charge in [-0.1, -0.05) is 44.2 Å². The van der Waals surface area contributed by atoms with E-state index in [1.54, 1.807) is 31.4 Å². The van der Waals surface area contributed by atoms with Crippen molar-refractivity contribution in [2.75, 3.05) is 13.7 Å². The van der Waals surface area contributed by atoms with Crippen molar-refractivity contribution in [1.29, 1.82) is 5.26 Å². The topological polar surface area (TPSA) is 119 Å². The Bertz CT molecular complexity index is 1970. The normalized spacial score (nSPS) is 12.5. The number of aromatic nitrogens is 4. The van der Waals surface area contributed by atoms with Crippen LogP contribution in [0.4, 0.5) is 18.0 Å². The second-order valence-corrected chi connectivity index (χ2v) is 11.6. The van der Waals surface area contributed by atoms with Crippen LogP contribution in [0.25, 0.3) is 22.8 Å². The molecule has 0 aliphatic heterocycles. The molecule has 0 fully saturated rings. The van der Waals surface area contributed by atoms with E-state index in [1.807, 2.05) is 35.1 Å². The quantitative estimate of drug-likeness (QED) is 0.181. The van der Waals surface area contributed by atoms with Crippen molar-refractivity contribution < 1.29 is 27.4 Å².